The molecule has 170 valence electrons. The minimum absolute atomic E-state index is 0.102. The molecular weight excluding hydrogens is 392 g/mol. The number of carbonyl (C=O) groups is 2. The first-order valence-electron chi connectivity index (χ1n) is 11.3. The SMILES string of the molecule is CCC1(C)NC(=O)N(CCCNC(=NC)NC(C)c2cccc(N3CCCC3)c2)C1=O. The van der Waals surface area contributed by atoms with Crippen molar-refractivity contribution in [3.8, 4) is 0 Å². The largest absolute Gasteiger partial charge is 0.372 e. The van der Waals surface area contributed by atoms with E-state index in [9.17, 15) is 9.59 Å². The second kappa shape index (κ2) is 10.0. The normalized spacial score (nSPS) is 22.6. The van der Waals surface area contributed by atoms with Crippen LogP contribution >= 0.6 is 0 Å². The van der Waals surface area contributed by atoms with Gasteiger partial charge in [-0.1, -0.05) is 19.1 Å². The standard InChI is InChI=1S/C23H36N6O2/c1-5-23(3)20(30)29(22(31)27-23)15-9-12-25-21(24-4)26-17(2)18-10-8-11-19(16-18)28-13-6-7-14-28/h8,10-11,16-17H,5-7,9,12-15H2,1-4H3,(H,27,31)(H2,24,25,26). The maximum absolute atomic E-state index is 12.5. The van der Waals surface area contributed by atoms with E-state index in [1.54, 1.807) is 14.0 Å². The van der Waals surface area contributed by atoms with Crippen LogP contribution in [-0.2, 0) is 4.79 Å². The van der Waals surface area contributed by atoms with Gasteiger partial charge in [-0.25, -0.2) is 4.79 Å². The van der Waals surface area contributed by atoms with Crippen LogP contribution in [0.15, 0.2) is 29.3 Å². The molecule has 0 radical (unpaired) electrons. The van der Waals surface area contributed by atoms with Crippen LogP contribution in [0.1, 0.15) is 58.1 Å². The smallest absolute Gasteiger partial charge is 0.325 e. The average Bonchev–Trinajstić information content (AvgIpc) is 3.39. The van der Waals surface area contributed by atoms with Gasteiger partial charge in [0.2, 0.25) is 0 Å². The van der Waals surface area contributed by atoms with Gasteiger partial charge in [0.25, 0.3) is 5.91 Å². The number of carbonyl (C=O) groups excluding carboxylic acids is 2. The van der Waals surface area contributed by atoms with Crippen LogP contribution in [0.25, 0.3) is 0 Å². The summed E-state index contributed by atoms with van der Waals surface area (Å²) in [5, 5.41) is 9.50. The van der Waals surface area contributed by atoms with E-state index in [-0.39, 0.29) is 18.0 Å². The molecule has 0 aliphatic carbocycles. The van der Waals surface area contributed by atoms with Gasteiger partial charge in [0.15, 0.2) is 5.96 Å². The average molecular weight is 429 g/mol. The third-order valence-corrected chi connectivity index (χ3v) is 6.32. The van der Waals surface area contributed by atoms with Crippen LogP contribution in [0.3, 0.4) is 0 Å². The van der Waals surface area contributed by atoms with Crippen LogP contribution in [0.4, 0.5) is 10.5 Å². The number of hydrogen-bond donors (Lipinski definition) is 3. The minimum atomic E-state index is -0.777. The number of amides is 3. The van der Waals surface area contributed by atoms with E-state index >= 15 is 0 Å². The maximum atomic E-state index is 12.5. The highest BCUT2D eigenvalue weighted by molar-refractivity contribution is 6.06. The second-order valence-corrected chi connectivity index (χ2v) is 8.58. The lowest BCUT2D eigenvalue weighted by atomic mass is 9.99. The fraction of sp³-hybridized carbons (Fsp3) is 0.609. The van der Waals surface area contributed by atoms with Crippen LogP contribution in [0, 0.1) is 0 Å². The van der Waals surface area contributed by atoms with Gasteiger partial charge in [0.1, 0.15) is 5.54 Å². The van der Waals surface area contributed by atoms with Gasteiger partial charge in [-0.15, -0.1) is 0 Å². The van der Waals surface area contributed by atoms with Gasteiger partial charge >= 0.3 is 6.03 Å². The highest BCUT2D eigenvalue weighted by atomic mass is 16.2. The first-order valence-corrected chi connectivity index (χ1v) is 11.3. The zero-order valence-corrected chi connectivity index (χ0v) is 19.2. The Bertz CT molecular complexity index is 820. The number of nitrogens with one attached hydrogen (secondary N) is 3. The van der Waals surface area contributed by atoms with Gasteiger partial charge in [-0.3, -0.25) is 14.7 Å². The van der Waals surface area contributed by atoms with E-state index in [2.05, 4.69) is 57.0 Å². The zero-order valence-electron chi connectivity index (χ0n) is 19.2. The summed E-state index contributed by atoms with van der Waals surface area (Å²) in [5.41, 5.74) is 1.71. The van der Waals surface area contributed by atoms with Crippen molar-refractivity contribution in [2.75, 3.05) is 38.1 Å². The maximum Gasteiger partial charge on any atom is 0.325 e. The molecule has 2 aliphatic heterocycles. The van der Waals surface area contributed by atoms with Crippen molar-refractivity contribution < 1.29 is 9.59 Å². The number of aliphatic imine (C=N–C) groups is 1. The van der Waals surface area contributed by atoms with Crippen LogP contribution in [0.5, 0.6) is 0 Å². The van der Waals surface area contributed by atoms with Gasteiger partial charge < -0.3 is 20.9 Å². The Morgan fingerprint density at radius 3 is 2.68 bits per heavy atom. The summed E-state index contributed by atoms with van der Waals surface area (Å²) >= 11 is 0. The molecule has 0 aromatic heterocycles. The summed E-state index contributed by atoms with van der Waals surface area (Å²) in [5.74, 6) is 0.559. The quantitative estimate of drug-likeness (QED) is 0.256. The molecule has 8 nitrogen and oxygen atoms in total. The molecule has 2 heterocycles. The summed E-state index contributed by atoms with van der Waals surface area (Å²) < 4.78 is 0. The third-order valence-electron chi connectivity index (χ3n) is 6.32. The Morgan fingerprint density at radius 2 is 2.03 bits per heavy atom. The van der Waals surface area contributed by atoms with Crippen molar-refractivity contribution in [2.24, 2.45) is 4.99 Å². The zero-order chi connectivity index (χ0) is 22.4. The first-order chi connectivity index (χ1) is 14.9. The lowest BCUT2D eigenvalue weighted by Gasteiger charge is -2.22. The number of hydrogen-bond acceptors (Lipinski definition) is 4. The predicted molar refractivity (Wildman–Crippen MR) is 124 cm³/mol. The third kappa shape index (κ3) is 5.29. The van der Waals surface area contributed by atoms with Crippen molar-refractivity contribution >= 4 is 23.6 Å². The van der Waals surface area contributed by atoms with Gasteiger partial charge in [0, 0.05) is 38.9 Å². The molecule has 2 fully saturated rings. The van der Waals surface area contributed by atoms with Crippen LogP contribution in [0.2, 0.25) is 0 Å². The Kier molecular flexibility index (Phi) is 7.41. The Hall–Kier alpha value is -2.77. The molecule has 0 saturated carbocycles. The Morgan fingerprint density at radius 1 is 1.29 bits per heavy atom. The molecule has 1 aromatic carbocycles. The Labute approximate surface area is 185 Å². The molecule has 31 heavy (non-hydrogen) atoms. The molecule has 2 unspecified atom stereocenters. The summed E-state index contributed by atoms with van der Waals surface area (Å²) in [7, 11) is 1.74. The summed E-state index contributed by atoms with van der Waals surface area (Å²) in [4.78, 5) is 32.6. The fourth-order valence-corrected chi connectivity index (χ4v) is 4.08. The van der Waals surface area contributed by atoms with E-state index in [0.29, 0.717) is 31.9 Å². The molecule has 3 N–H and O–H groups in total. The van der Waals surface area contributed by atoms with E-state index in [1.165, 1.54) is 29.0 Å². The molecule has 0 bridgehead atoms. The van der Waals surface area contributed by atoms with E-state index in [0.717, 1.165) is 13.1 Å². The second-order valence-electron chi connectivity index (χ2n) is 8.58. The number of nitrogens with zero attached hydrogens (tertiary/aromatic N) is 3. The van der Waals surface area contributed by atoms with E-state index < -0.39 is 5.54 Å². The predicted octanol–water partition coefficient (Wildman–Crippen LogP) is 2.62. The number of urea groups is 1. The van der Waals surface area contributed by atoms with Crippen molar-refractivity contribution in [1.82, 2.24) is 20.9 Å². The highest BCUT2D eigenvalue weighted by Gasteiger charge is 2.45. The first kappa shape index (κ1) is 22.9. The molecular formula is C23H36N6O2. The fourth-order valence-electron chi connectivity index (χ4n) is 4.08. The number of rotatable bonds is 8. The topological polar surface area (TPSA) is 89.1 Å². The van der Waals surface area contributed by atoms with E-state index in [4.69, 9.17) is 0 Å². The molecule has 8 heteroatoms. The molecule has 2 saturated heterocycles. The molecule has 2 aliphatic rings. The van der Waals surface area contributed by atoms with Crippen LogP contribution in [-0.4, -0.2) is 61.6 Å². The molecule has 1 aromatic rings. The van der Waals surface area contributed by atoms with E-state index in [1.807, 2.05) is 6.92 Å². The van der Waals surface area contributed by atoms with Gasteiger partial charge in [0.05, 0.1) is 6.04 Å². The minimum Gasteiger partial charge on any atom is -0.372 e. The monoisotopic (exact) mass is 428 g/mol. The Balaban J connectivity index is 1.47. The lowest BCUT2D eigenvalue weighted by molar-refractivity contribution is -0.130. The van der Waals surface area contributed by atoms with Gasteiger partial charge in [-0.05, 0) is 57.2 Å². The number of imide groups is 1. The molecule has 2 atom stereocenters. The number of guanidine groups is 1. The lowest BCUT2D eigenvalue weighted by Crippen LogP contribution is -2.43. The van der Waals surface area contributed by atoms with Crippen molar-refractivity contribution in [2.45, 2.75) is 58.0 Å². The molecule has 3 rings (SSSR count). The summed E-state index contributed by atoms with van der Waals surface area (Å²) in [6, 6.07) is 8.46. The van der Waals surface area contributed by atoms with Crippen molar-refractivity contribution in [1.29, 1.82) is 0 Å². The number of anilines is 1. The highest BCUT2D eigenvalue weighted by Crippen LogP contribution is 2.24. The van der Waals surface area contributed by atoms with Crippen molar-refractivity contribution in [3.05, 3.63) is 29.8 Å². The molecule has 0 spiro atoms. The summed E-state index contributed by atoms with van der Waals surface area (Å²) in [6.45, 7) is 9.05. The van der Waals surface area contributed by atoms with Crippen molar-refractivity contribution in [3.63, 3.8) is 0 Å². The molecule has 3 amide bonds. The van der Waals surface area contributed by atoms with Crippen LogP contribution < -0.4 is 20.9 Å². The summed E-state index contributed by atoms with van der Waals surface area (Å²) in [6.07, 6.45) is 3.76. The van der Waals surface area contributed by atoms with Gasteiger partial charge in [-0.2, -0.15) is 0 Å². The number of benzene rings is 1.